The van der Waals surface area contributed by atoms with Gasteiger partial charge in [0, 0.05) is 22.9 Å². The molecule has 8 nitrogen and oxygen atoms in total. The molecule has 1 aliphatic carbocycles. The fourth-order valence-electron chi connectivity index (χ4n) is 4.41. The topological polar surface area (TPSA) is 111 Å². The molecule has 0 radical (unpaired) electrons. The van der Waals surface area contributed by atoms with E-state index in [0.717, 1.165) is 0 Å². The van der Waals surface area contributed by atoms with Crippen LogP contribution in [-0.2, 0) is 23.9 Å². The first-order valence-electron chi connectivity index (χ1n) is 10.2. The van der Waals surface area contributed by atoms with Crippen molar-refractivity contribution in [3.05, 3.63) is 44.7 Å². The zero-order valence-electron chi connectivity index (χ0n) is 18.6. The third-order valence-corrected chi connectivity index (χ3v) is 6.45. The van der Waals surface area contributed by atoms with Crippen LogP contribution in [0.1, 0.15) is 38.7 Å². The van der Waals surface area contributed by atoms with Gasteiger partial charge in [0.25, 0.3) is 0 Å². The third kappa shape index (κ3) is 4.01. The molecule has 2 N–H and O–H groups in total. The number of phenolic OH excluding ortho intramolecular Hbond substituents is 1. The summed E-state index contributed by atoms with van der Waals surface area (Å²) < 4.78 is 15.8. The van der Waals surface area contributed by atoms with Gasteiger partial charge < -0.3 is 24.6 Å². The van der Waals surface area contributed by atoms with E-state index in [-0.39, 0.29) is 29.6 Å². The van der Waals surface area contributed by atoms with Gasteiger partial charge in [0.05, 0.1) is 30.9 Å². The van der Waals surface area contributed by atoms with E-state index in [1.54, 1.807) is 26.0 Å². The van der Waals surface area contributed by atoms with E-state index in [4.69, 9.17) is 14.2 Å². The molecule has 3 atom stereocenters. The Morgan fingerprint density at radius 1 is 1.28 bits per heavy atom. The summed E-state index contributed by atoms with van der Waals surface area (Å²) in [6.45, 7) is 5.43. The standard InChI is InChI=1S/C23H26BrNO7/c1-6-32-23(29)17-11(3)25-14-7-10(2)16(22(28)31-5)21(27)19(14)18(17)12-8-13(24)20(26)15(9-12)30-4/h8-10,16,18,25-26H,6-7H2,1-5H3. The summed E-state index contributed by atoms with van der Waals surface area (Å²) in [6, 6.07) is 3.20. The van der Waals surface area contributed by atoms with E-state index in [1.165, 1.54) is 14.2 Å². The molecule has 172 valence electrons. The van der Waals surface area contributed by atoms with Gasteiger partial charge >= 0.3 is 11.9 Å². The van der Waals surface area contributed by atoms with Crippen molar-refractivity contribution in [3.63, 3.8) is 0 Å². The highest BCUT2D eigenvalue weighted by Crippen LogP contribution is 2.48. The molecule has 2 aliphatic rings. The van der Waals surface area contributed by atoms with Crippen LogP contribution in [0.5, 0.6) is 11.5 Å². The van der Waals surface area contributed by atoms with Crippen molar-refractivity contribution in [1.82, 2.24) is 5.32 Å². The quantitative estimate of drug-likeness (QED) is 0.461. The Balaban J connectivity index is 2.26. The maximum Gasteiger partial charge on any atom is 0.336 e. The van der Waals surface area contributed by atoms with Crippen LogP contribution in [0.3, 0.4) is 0 Å². The van der Waals surface area contributed by atoms with Gasteiger partial charge in [-0.3, -0.25) is 9.59 Å². The molecule has 9 heteroatoms. The van der Waals surface area contributed by atoms with E-state index in [0.29, 0.717) is 33.4 Å². The predicted molar refractivity (Wildman–Crippen MR) is 119 cm³/mol. The van der Waals surface area contributed by atoms with Gasteiger partial charge in [-0.05, 0) is 59.8 Å². The monoisotopic (exact) mass is 507 g/mol. The number of aromatic hydroxyl groups is 1. The van der Waals surface area contributed by atoms with Crippen molar-refractivity contribution in [3.8, 4) is 11.5 Å². The second kappa shape index (κ2) is 9.36. The van der Waals surface area contributed by atoms with Crippen LogP contribution >= 0.6 is 15.9 Å². The van der Waals surface area contributed by atoms with Crippen LogP contribution in [0.25, 0.3) is 0 Å². The molecule has 0 aromatic heterocycles. The van der Waals surface area contributed by atoms with Crippen LogP contribution in [0, 0.1) is 11.8 Å². The Kier molecular flexibility index (Phi) is 6.97. The van der Waals surface area contributed by atoms with Gasteiger partial charge in [0.2, 0.25) is 0 Å². The minimum Gasteiger partial charge on any atom is -0.503 e. The normalized spacial score (nSPS) is 22.8. The summed E-state index contributed by atoms with van der Waals surface area (Å²) in [5, 5.41) is 13.5. The lowest BCUT2D eigenvalue weighted by Crippen LogP contribution is -2.43. The first kappa shape index (κ1) is 23.8. The molecule has 1 aromatic rings. The fourth-order valence-corrected chi connectivity index (χ4v) is 4.87. The van der Waals surface area contributed by atoms with Gasteiger partial charge in [-0.1, -0.05) is 6.92 Å². The number of nitrogens with one attached hydrogen (secondary N) is 1. The number of Topliss-reactive ketones (excluding diaryl/α,β-unsaturated/α-hetero) is 1. The lowest BCUT2D eigenvalue weighted by atomic mass is 9.69. The molecule has 1 aromatic carbocycles. The van der Waals surface area contributed by atoms with E-state index >= 15 is 0 Å². The van der Waals surface area contributed by atoms with Gasteiger partial charge in [0.15, 0.2) is 17.3 Å². The van der Waals surface area contributed by atoms with E-state index < -0.39 is 29.6 Å². The highest BCUT2D eigenvalue weighted by atomic mass is 79.9. The first-order chi connectivity index (χ1) is 15.2. The Morgan fingerprint density at radius 3 is 2.56 bits per heavy atom. The summed E-state index contributed by atoms with van der Waals surface area (Å²) in [4.78, 5) is 39.0. The summed E-state index contributed by atoms with van der Waals surface area (Å²) in [5.74, 6) is -3.58. The summed E-state index contributed by atoms with van der Waals surface area (Å²) in [6.07, 6.45) is 0.432. The van der Waals surface area contributed by atoms with Gasteiger partial charge in [-0.2, -0.15) is 0 Å². The lowest BCUT2D eigenvalue weighted by Gasteiger charge is -2.38. The molecule has 1 aliphatic heterocycles. The molecule has 0 fully saturated rings. The SMILES string of the molecule is CCOC(=O)C1=C(C)NC2=C(C(=O)C(C(=O)OC)C(C)C2)C1c1cc(Br)c(O)c(OC)c1. The van der Waals surface area contributed by atoms with Crippen LogP contribution < -0.4 is 10.1 Å². The smallest absolute Gasteiger partial charge is 0.336 e. The Bertz CT molecular complexity index is 1040. The molecular weight excluding hydrogens is 482 g/mol. The van der Waals surface area contributed by atoms with Crippen molar-refractivity contribution in [2.75, 3.05) is 20.8 Å². The molecule has 3 rings (SSSR count). The molecule has 0 amide bonds. The van der Waals surface area contributed by atoms with Crippen LogP contribution in [0.4, 0.5) is 0 Å². The number of methoxy groups -OCH3 is 2. The van der Waals surface area contributed by atoms with Crippen molar-refractivity contribution in [2.24, 2.45) is 11.8 Å². The van der Waals surface area contributed by atoms with Crippen molar-refractivity contribution >= 4 is 33.7 Å². The number of carbonyl (C=O) groups is 3. The Hall–Kier alpha value is -2.81. The molecule has 0 saturated carbocycles. The number of benzene rings is 1. The average Bonchev–Trinajstić information content (AvgIpc) is 2.74. The minimum absolute atomic E-state index is 0.103. The molecule has 0 spiro atoms. The van der Waals surface area contributed by atoms with Crippen molar-refractivity contribution in [1.29, 1.82) is 0 Å². The van der Waals surface area contributed by atoms with Gasteiger partial charge in [0.1, 0.15) is 5.92 Å². The first-order valence-corrected chi connectivity index (χ1v) is 11.0. The summed E-state index contributed by atoms with van der Waals surface area (Å²) >= 11 is 3.31. The van der Waals surface area contributed by atoms with E-state index in [9.17, 15) is 19.5 Å². The van der Waals surface area contributed by atoms with E-state index in [1.807, 2.05) is 6.92 Å². The Labute approximate surface area is 194 Å². The zero-order valence-corrected chi connectivity index (χ0v) is 20.2. The Morgan fingerprint density at radius 2 is 1.97 bits per heavy atom. The highest BCUT2D eigenvalue weighted by molar-refractivity contribution is 9.10. The fraction of sp³-hybridized carbons (Fsp3) is 0.435. The lowest BCUT2D eigenvalue weighted by molar-refractivity contribution is -0.151. The van der Waals surface area contributed by atoms with Crippen LogP contribution in [0.2, 0.25) is 0 Å². The molecule has 1 heterocycles. The van der Waals surface area contributed by atoms with Gasteiger partial charge in [-0.25, -0.2) is 4.79 Å². The van der Waals surface area contributed by atoms with Crippen LogP contribution in [0.15, 0.2) is 39.1 Å². The molecule has 0 bridgehead atoms. The number of phenols is 1. The van der Waals surface area contributed by atoms with Crippen LogP contribution in [-0.4, -0.2) is 43.7 Å². The number of hydrogen-bond donors (Lipinski definition) is 2. The van der Waals surface area contributed by atoms with E-state index in [2.05, 4.69) is 21.2 Å². The summed E-state index contributed by atoms with van der Waals surface area (Å²) in [7, 11) is 2.66. The molecule has 0 saturated heterocycles. The number of halogens is 1. The zero-order chi connectivity index (χ0) is 23.7. The average molecular weight is 508 g/mol. The molecular formula is C23H26BrNO7. The van der Waals surface area contributed by atoms with Crippen molar-refractivity contribution < 1.29 is 33.7 Å². The number of ether oxygens (including phenoxy) is 3. The van der Waals surface area contributed by atoms with Gasteiger partial charge in [-0.15, -0.1) is 0 Å². The molecule has 3 unspecified atom stereocenters. The predicted octanol–water partition coefficient (Wildman–Crippen LogP) is 3.34. The largest absolute Gasteiger partial charge is 0.503 e. The highest BCUT2D eigenvalue weighted by Gasteiger charge is 2.47. The van der Waals surface area contributed by atoms with Crippen molar-refractivity contribution in [2.45, 2.75) is 33.1 Å². The molecule has 32 heavy (non-hydrogen) atoms. The number of carbonyl (C=O) groups excluding carboxylic acids is 3. The number of dihydropyridines is 1. The third-order valence-electron chi connectivity index (χ3n) is 5.84. The number of ketones is 1. The maximum atomic E-state index is 13.6. The second-order valence-corrected chi connectivity index (χ2v) is 8.66. The maximum absolute atomic E-state index is 13.6. The number of hydrogen-bond acceptors (Lipinski definition) is 8. The number of esters is 2. The second-order valence-electron chi connectivity index (χ2n) is 7.81. The number of rotatable bonds is 5. The minimum atomic E-state index is -0.979. The summed E-state index contributed by atoms with van der Waals surface area (Å²) in [5.41, 5.74) is 2.33. The number of allylic oxidation sites excluding steroid dienone is 3.